The monoisotopic (exact) mass is 323 g/mol. The molecular formula is C11H12BrF2NO3. The van der Waals surface area contributed by atoms with Crippen molar-refractivity contribution in [2.24, 2.45) is 0 Å². The maximum Gasteiger partial charge on any atom is 0.311 e. The van der Waals surface area contributed by atoms with Gasteiger partial charge >= 0.3 is 5.97 Å². The van der Waals surface area contributed by atoms with Crippen molar-refractivity contribution < 1.29 is 23.0 Å². The lowest BCUT2D eigenvalue weighted by molar-refractivity contribution is -0.142. The van der Waals surface area contributed by atoms with Crippen LogP contribution in [0.15, 0.2) is 10.7 Å². The summed E-state index contributed by atoms with van der Waals surface area (Å²) in [6, 6.07) is 1.14. The first kappa shape index (κ1) is 14.8. The minimum Gasteiger partial charge on any atom is -0.493 e. The first-order chi connectivity index (χ1) is 8.49. The van der Waals surface area contributed by atoms with Crippen molar-refractivity contribution >= 4 is 21.9 Å². The average Bonchev–Trinajstić information content (AvgIpc) is 2.28. The van der Waals surface area contributed by atoms with Gasteiger partial charge in [-0.2, -0.15) is 0 Å². The molecule has 100 valence electrons. The standard InChI is InChI=1S/C11H12BrF2NO3/c1-3-18-8(16)5-6-4-7(11(13)14)9(17-2)10(12)15-6/h4,11H,3,5H2,1-2H3. The second kappa shape index (κ2) is 6.63. The first-order valence-corrected chi connectivity index (χ1v) is 5.96. The number of hydrogen-bond acceptors (Lipinski definition) is 4. The molecule has 0 saturated carbocycles. The van der Waals surface area contributed by atoms with Gasteiger partial charge in [0.1, 0.15) is 4.60 Å². The van der Waals surface area contributed by atoms with Crippen LogP contribution in [0.2, 0.25) is 0 Å². The van der Waals surface area contributed by atoms with E-state index in [2.05, 4.69) is 20.9 Å². The molecule has 1 heterocycles. The Kier molecular flexibility index (Phi) is 5.46. The van der Waals surface area contributed by atoms with Gasteiger partial charge in [-0.3, -0.25) is 4.79 Å². The first-order valence-electron chi connectivity index (χ1n) is 5.16. The highest BCUT2D eigenvalue weighted by Crippen LogP contribution is 2.34. The fourth-order valence-electron chi connectivity index (χ4n) is 1.39. The van der Waals surface area contributed by atoms with Crippen molar-refractivity contribution in [1.29, 1.82) is 0 Å². The number of esters is 1. The molecule has 0 aliphatic rings. The number of nitrogens with zero attached hydrogens (tertiary/aromatic N) is 1. The molecule has 4 nitrogen and oxygen atoms in total. The van der Waals surface area contributed by atoms with E-state index < -0.39 is 12.4 Å². The minimum atomic E-state index is -2.71. The normalized spacial score (nSPS) is 10.6. The second-order valence-electron chi connectivity index (χ2n) is 3.31. The van der Waals surface area contributed by atoms with Crippen LogP contribution in [0, 0.1) is 0 Å². The van der Waals surface area contributed by atoms with E-state index in [0.717, 1.165) is 6.07 Å². The van der Waals surface area contributed by atoms with Gasteiger partial charge in [-0.1, -0.05) is 0 Å². The molecule has 0 atom stereocenters. The number of pyridine rings is 1. The van der Waals surface area contributed by atoms with Gasteiger partial charge < -0.3 is 9.47 Å². The van der Waals surface area contributed by atoms with Gasteiger partial charge in [0.25, 0.3) is 6.43 Å². The van der Waals surface area contributed by atoms with Crippen LogP contribution in [0.3, 0.4) is 0 Å². The van der Waals surface area contributed by atoms with E-state index in [1.807, 2.05) is 0 Å². The number of carbonyl (C=O) groups is 1. The molecule has 1 rings (SSSR count). The highest BCUT2D eigenvalue weighted by molar-refractivity contribution is 9.10. The van der Waals surface area contributed by atoms with Crippen LogP contribution in [0.5, 0.6) is 5.75 Å². The lowest BCUT2D eigenvalue weighted by atomic mass is 10.2. The third kappa shape index (κ3) is 3.63. The fourth-order valence-corrected chi connectivity index (χ4v) is 2.01. The highest BCUT2D eigenvalue weighted by atomic mass is 79.9. The van der Waals surface area contributed by atoms with Crippen molar-refractivity contribution in [3.05, 3.63) is 21.9 Å². The van der Waals surface area contributed by atoms with Crippen LogP contribution < -0.4 is 4.74 Å². The molecule has 18 heavy (non-hydrogen) atoms. The Morgan fingerprint density at radius 3 is 2.72 bits per heavy atom. The lowest BCUT2D eigenvalue weighted by Crippen LogP contribution is -2.10. The van der Waals surface area contributed by atoms with Gasteiger partial charge in [0, 0.05) is 0 Å². The molecule has 0 aromatic carbocycles. The molecular weight excluding hydrogens is 312 g/mol. The number of hydrogen-bond donors (Lipinski definition) is 0. The largest absolute Gasteiger partial charge is 0.493 e. The zero-order chi connectivity index (χ0) is 13.7. The smallest absolute Gasteiger partial charge is 0.311 e. The molecule has 0 unspecified atom stereocenters. The van der Waals surface area contributed by atoms with Crippen LogP contribution in [-0.2, 0) is 16.0 Å². The number of halogens is 3. The van der Waals surface area contributed by atoms with E-state index in [4.69, 9.17) is 9.47 Å². The van der Waals surface area contributed by atoms with E-state index in [1.54, 1.807) is 6.92 Å². The molecule has 1 aromatic heterocycles. The average molecular weight is 324 g/mol. The third-order valence-electron chi connectivity index (χ3n) is 2.08. The summed E-state index contributed by atoms with van der Waals surface area (Å²) < 4.78 is 35.3. The van der Waals surface area contributed by atoms with E-state index in [-0.39, 0.29) is 34.6 Å². The Morgan fingerprint density at radius 2 is 2.22 bits per heavy atom. The maximum absolute atomic E-state index is 12.8. The minimum absolute atomic E-state index is 0.0300. The van der Waals surface area contributed by atoms with Gasteiger partial charge in [0.15, 0.2) is 5.75 Å². The Bertz CT molecular complexity index is 441. The van der Waals surface area contributed by atoms with Gasteiger partial charge in [-0.25, -0.2) is 13.8 Å². The van der Waals surface area contributed by atoms with Gasteiger partial charge in [-0.05, 0) is 28.9 Å². The summed E-state index contributed by atoms with van der Waals surface area (Å²) in [5.74, 6) is -0.542. The summed E-state index contributed by atoms with van der Waals surface area (Å²) in [5, 5.41) is 0. The number of methoxy groups -OCH3 is 1. The molecule has 0 amide bonds. The fraction of sp³-hybridized carbons (Fsp3) is 0.455. The zero-order valence-electron chi connectivity index (χ0n) is 9.87. The molecule has 0 radical (unpaired) electrons. The molecule has 0 spiro atoms. The second-order valence-corrected chi connectivity index (χ2v) is 4.06. The molecule has 0 fully saturated rings. The van der Waals surface area contributed by atoms with Crippen LogP contribution in [-0.4, -0.2) is 24.7 Å². The predicted octanol–water partition coefficient (Wildman–Crippen LogP) is 2.90. The Balaban J connectivity index is 3.05. The Morgan fingerprint density at radius 1 is 1.56 bits per heavy atom. The van der Waals surface area contributed by atoms with Crippen molar-refractivity contribution in [1.82, 2.24) is 4.98 Å². The summed E-state index contributed by atoms with van der Waals surface area (Å²) >= 11 is 3.03. The maximum atomic E-state index is 12.8. The summed E-state index contributed by atoms with van der Waals surface area (Å²) in [4.78, 5) is 15.2. The third-order valence-corrected chi connectivity index (χ3v) is 2.62. The van der Waals surface area contributed by atoms with Gasteiger partial charge in [0.2, 0.25) is 0 Å². The molecule has 0 saturated heterocycles. The van der Waals surface area contributed by atoms with Crippen molar-refractivity contribution in [3.63, 3.8) is 0 Å². The number of aromatic nitrogens is 1. The van der Waals surface area contributed by atoms with Crippen molar-refractivity contribution in [2.45, 2.75) is 19.8 Å². The molecule has 0 bridgehead atoms. The topological polar surface area (TPSA) is 48.4 Å². The van der Waals surface area contributed by atoms with E-state index >= 15 is 0 Å². The molecule has 0 aliphatic carbocycles. The number of alkyl halides is 2. The van der Waals surface area contributed by atoms with Crippen molar-refractivity contribution in [2.75, 3.05) is 13.7 Å². The summed E-state index contributed by atoms with van der Waals surface area (Å²) in [5.41, 5.74) is -0.102. The SMILES string of the molecule is CCOC(=O)Cc1cc(C(F)F)c(OC)c(Br)n1. The Labute approximate surface area is 111 Å². The van der Waals surface area contributed by atoms with E-state index in [1.165, 1.54) is 7.11 Å². The van der Waals surface area contributed by atoms with E-state index in [9.17, 15) is 13.6 Å². The number of rotatable bonds is 5. The number of carbonyl (C=O) groups excluding carboxylic acids is 1. The highest BCUT2D eigenvalue weighted by Gasteiger charge is 2.20. The summed E-state index contributed by atoms with van der Waals surface area (Å²) in [6.07, 6.45) is -2.86. The molecule has 0 aliphatic heterocycles. The Hall–Kier alpha value is -1.24. The zero-order valence-corrected chi connectivity index (χ0v) is 11.5. The molecule has 7 heteroatoms. The lowest BCUT2D eigenvalue weighted by Gasteiger charge is -2.11. The van der Waals surface area contributed by atoms with Crippen LogP contribution in [0.4, 0.5) is 8.78 Å². The van der Waals surface area contributed by atoms with E-state index in [0.29, 0.717) is 0 Å². The number of ether oxygens (including phenoxy) is 2. The van der Waals surface area contributed by atoms with Crippen LogP contribution in [0.1, 0.15) is 24.6 Å². The van der Waals surface area contributed by atoms with Gasteiger partial charge in [0.05, 0.1) is 31.4 Å². The van der Waals surface area contributed by atoms with Crippen LogP contribution >= 0.6 is 15.9 Å². The predicted molar refractivity (Wildman–Crippen MR) is 63.8 cm³/mol. The summed E-state index contributed by atoms with van der Waals surface area (Å²) in [7, 11) is 1.28. The van der Waals surface area contributed by atoms with Gasteiger partial charge in [-0.15, -0.1) is 0 Å². The quantitative estimate of drug-likeness (QED) is 0.617. The van der Waals surface area contributed by atoms with Crippen molar-refractivity contribution in [3.8, 4) is 5.75 Å². The van der Waals surface area contributed by atoms with Crippen LogP contribution in [0.25, 0.3) is 0 Å². The molecule has 0 N–H and O–H groups in total. The summed E-state index contributed by atoms with van der Waals surface area (Å²) in [6.45, 7) is 1.90. The molecule has 1 aromatic rings.